The lowest BCUT2D eigenvalue weighted by molar-refractivity contribution is 0.990. The van der Waals surface area contributed by atoms with Crippen molar-refractivity contribution in [2.75, 3.05) is 19.0 Å². The molecule has 1 heterocycles. The molecule has 0 unspecified atom stereocenters. The van der Waals surface area contributed by atoms with Crippen LogP contribution in [-0.4, -0.2) is 24.1 Å². The van der Waals surface area contributed by atoms with Gasteiger partial charge in [-0.05, 0) is 6.92 Å². The van der Waals surface area contributed by atoms with Crippen molar-refractivity contribution < 1.29 is 0 Å². The van der Waals surface area contributed by atoms with Crippen LogP contribution in [0.5, 0.6) is 0 Å². The lowest BCUT2D eigenvalue weighted by Gasteiger charge is -2.14. The van der Waals surface area contributed by atoms with Crippen molar-refractivity contribution in [2.45, 2.75) is 6.92 Å². The maximum atomic E-state index is 5.88. The van der Waals surface area contributed by atoms with Gasteiger partial charge in [0.25, 0.3) is 0 Å². The number of rotatable bonds is 1. The summed E-state index contributed by atoms with van der Waals surface area (Å²) in [5, 5.41) is 0.526. The minimum absolute atomic E-state index is 0.526. The second kappa shape index (κ2) is 3.74. The van der Waals surface area contributed by atoms with Gasteiger partial charge in [-0.3, -0.25) is 0 Å². The predicted octanol–water partition coefficient (Wildman–Crippen LogP) is 2.11. The Labute approximate surface area is 90.3 Å². The van der Waals surface area contributed by atoms with E-state index in [2.05, 4.69) is 9.97 Å². The minimum atomic E-state index is 0.526. The Kier molecular flexibility index (Phi) is 3.11. The monoisotopic (exact) mass is 297 g/mol. The Morgan fingerprint density at radius 1 is 1.33 bits per heavy atom. The molecule has 0 aliphatic rings. The highest BCUT2D eigenvalue weighted by molar-refractivity contribution is 14.1. The molecule has 0 saturated carbocycles. The number of hydrogen-bond donors (Lipinski definition) is 0. The lowest BCUT2D eigenvalue weighted by Crippen LogP contribution is -2.13. The van der Waals surface area contributed by atoms with Gasteiger partial charge in [-0.1, -0.05) is 11.6 Å². The van der Waals surface area contributed by atoms with Crippen LogP contribution in [0.1, 0.15) is 5.56 Å². The van der Waals surface area contributed by atoms with E-state index in [0.717, 1.165) is 11.4 Å². The Bertz CT molecular complexity index is 301. The van der Waals surface area contributed by atoms with E-state index in [1.54, 1.807) is 0 Å². The summed E-state index contributed by atoms with van der Waals surface area (Å²) in [5.41, 5.74) is 0.919. The zero-order valence-corrected chi connectivity index (χ0v) is 10.0. The highest BCUT2D eigenvalue weighted by Gasteiger charge is 2.08. The lowest BCUT2D eigenvalue weighted by atomic mass is 10.3. The van der Waals surface area contributed by atoms with Gasteiger partial charge >= 0.3 is 0 Å². The first kappa shape index (κ1) is 9.98. The van der Waals surface area contributed by atoms with Crippen molar-refractivity contribution in [3.05, 3.63) is 14.5 Å². The molecule has 0 radical (unpaired) electrons. The average Bonchev–Trinajstić information content (AvgIpc) is 1.96. The van der Waals surface area contributed by atoms with Crippen LogP contribution < -0.4 is 4.90 Å². The molecule has 3 nitrogen and oxygen atoms in total. The van der Waals surface area contributed by atoms with Gasteiger partial charge in [-0.25, -0.2) is 9.97 Å². The Morgan fingerprint density at radius 3 is 2.42 bits per heavy atom. The molecular formula is C7H9ClIN3. The number of aromatic nitrogens is 2. The normalized spacial score (nSPS) is 10.1. The molecule has 1 aromatic rings. The minimum Gasteiger partial charge on any atom is -0.362 e. The van der Waals surface area contributed by atoms with Crippen molar-refractivity contribution in [1.29, 1.82) is 0 Å². The smallest absolute Gasteiger partial charge is 0.194 e. The van der Waals surface area contributed by atoms with Crippen molar-refractivity contribution in [3.63, 3.8) is 0 Å². The number of anilines is 1. The summed E-state index contributed by atoms with van der Waals surface area (Å²) >= 11 is 7.93. The van der Waals surface area contributed by atoms with Crippen molar-refractivity contribution in [3.8, 4) is 0 Å². The van der Waals surface area contributed by atoms with Gasteiger partial charge in [0.05, 0.1) is 0 Å². The second-order valence-corrected chi connectivity index (χ2v) is 3.95. The molecule has 0 fully saturated rings. The number of nitrogens with zero attached hydrogens (tertiary/aromatic N) is 3. The first-order valence-electron chi connectivity index (χ1n) is 3.39. The summed E-state index contributed by atoms with van der Waals surface area (Å²) in [6.07, 6.45) is 0. The third kappa shape index (κ3) is 1.98. The van der Waals surface area contributed by atoms with Gasteiger partial charge in [0.2, 0.25) is 0 Å². The highest BCUT2D eigenvalue weighted by Crippen LogP contribution is 2.21. The van der Waals surface area contributed by atoms with Crippen LogP contribution in [0, 0.1) is 10.8 Å². The molecule has 0 aliphatic carbocycles. The van der Waals surface area contributed by atoms with Gasteiger partial charge in [0.1, 0.15) is 11.0 Å². The molecule has 1 aromatic heterocycles. The molecule has 0 aliphatic heterocycles. The van der Waals surface area contributed by atoms with E-state index in [4.69, 9.17) is 11.6 Å². The number of hydrogen-bond acceptors (Lipinski definition) is 3. The first-order chi connectivity index (χ1) is 5.52. The van der Waals surface area contributed by atoms with Crippen LogP contribution in [-0.2, 0) is 0 Å². The molecule has 0 aromatic carbocycles. The third-order valence-corrected chi connectivity index (χ3v) is 2.31. The van der Waals surface area contributed by atoms with Crippen LogP contribution in [0.4, 0.5) is 5.82 Å². The van der Waals surface area contributed by atoms with Crippen LogP contribution >= 0.6 is 34.2 Å². The highest BCUT2D eigenvalue weighted by atomic mass is 127. The van der Waals surface area contributed by atoms with Crippen LogP contribution in [0.25, 0.3) is 0 Å². The topological polar surface area (TPSA) is 29.0 Å². The SMILES string of the molecule is Cc1c(Cl)nc(I)nc1N(C)C. The van der Waals surface area contributed by atoms with E-state index < -0.39 is 0 Å². The van der Waals surface area contributed by atoms with Crippen LogP contribution in [0.3, 0.4) is 0 Å². The fourth-order valence-corrected chi connectivity index (χ4v) is 1.67. The van der Waals surface area contributed by atoms with E-state index >= 15 is 0 Å². The van der Waals surface area contributed by atoms with Crippen LogP contribution in [0.2, 0.25) is 5.15 Å². The van der Waals surface area contributed by atoms with E-state index in [1.165, 1.54) is 0 Å². The van der Waals surface area contributed by atoms with Crippen molar-refractivity contribution in [2.24, 2.45) is 0 Å². The molecule has 66 valence electrons. The summed E-state index contributed by atoms with van der Waals surface area (Å²) in [5.74, 6) is 0.874. The molecule has 0 atom stereocenters. The van der Waals surface area contributed by atoms with Crippen LogP contribution in [0.15, 0.2) is 0 Å². The molecular weight excluding hydrogens is 288 g/mol. The van der Waals surface area contributed by atoms with E-state index in [1.807, 2.05) is 48.5 Å². The van der Waals surface area contributed by atoms with Gasteiger partial charge in [-0.2, -0.15) is 0 Å². The van der Waals surface area contributed by atoms with Gasteiger partial charge in [-0.15, -0.1) is 0 Å². The maximum Gasteiger partial charge on any atom is 0.194 e. The summed E-state index contributed by atoms with van der Waals surface area (Å²) in [6, 6.07) is 0. The zero-order chi connectivity index (χ0) is 9.30. The molecule has 0 amide bonds. The summed E-state index contributed by atoms with van der Waals surface area (Å²) in [4.78, 5) is 10.2. The molecule has 1 rings (SSSR count). The third-order valence-electron chi connectivity index (χ3n) is 1.46. The summed E-state index contributed by atoms with van der Waals surface area (Å²) in [7, 11) is 3.86. The van der Waals surface area contributed by atoms with Crippen molar-refractivity contribution >= 4 is 40.0 Å². The maximum absolute atomic E-state index is 5.88. The molecule has 5 heteroatoms. The zero-order valence-electron chi connectivity index (χ0n) is 7.10. The quantitative estimate of drug-likeness (QED) is 0.452. The molecule has 0 N–H and O–H groups in total. The molecule has 0 spiro atoms. The largest absolute Gasteiger partial charge is 0.362 e. The summed E-state index contributed by atoms with van der Waals surface area (Å²) in [6.45, 7) is 1.91. The molecule has 12 heavy (non-hydrogen) atoms. The Hall–Kier alpha value is -0.100. The standard InChI is InChI=1S/C7H9ClIN3/c1-4-5(8)10-7(9)11-6(4)12(2)3/h1-3H3. The molecule has 0 bridgehead atoms. The predicted molar refractivity (Wildman–Crippen MR) is 58.8 cm³/mol. The molecule has 0 saturated heterocycles. The first-order valence-corrected chi connectivity index (χ1v) is 4.85. The second-order valence-electron chi connectivity index (χ2n) is 2.63. The Morgan fingerprint density at radius 2 is 1.92 bits per heavy atom. The van der Waals surface area contributed by atoms with Gasteiger partial charge in [0.15, 0.2) is 3.83 Å². The van der Waals surface area contributed by atoms with E-state index in [9.17, 15) is 0 Å². The van der Waals surface area contributed by atoms with E-state index in [-0.39, 0.29) is 0 Å². The summed E-state index contributed by atoms with van der Waals surface area (Å²) < 4.78 is 0.673. The average molecular weight is 298 g/mol. The van der Waals surface area contributed by atoms with E-state index in [0.29, 0.717) is 8.98 Å². The fraction of sp³-hybridized carbons (Fsp3) is 0.429. The van der Waals surface area contributed by atoms with Gasteiger partial charge < -0.3 is 4.90 Å². The van der Waals surface area contributed by atoms with Gasteiger partial charge in [0, 0.05) is 42.2 Å². The number of halogens is 2. The fourth-order valence-electron chi connectivity index (χ4n) is 0.889. The van der Waals surface area contributed by atoms with Crippen molar-refractivity contribution in [1.82, 2.24) is 9.97 Å². The Balaban J connectivity index is 3.28.